The highest BCUT2D eigenvalue weighted by molar-refractivity contribution is 5.42. The average Bonchev–Trinajstić information content (AvgIpc) is 2.65. The van der Waals surface area contributed by atoms with Crippen molar-refractivity contribution >= 4 is 0 Å². The minimum Gasteiger partial charge on any atom is -0.497 e. The van der Waals surface area contributed by atoms with Crippen molar-refractivity contribution in [1.82, 2.24) is 0 Å². The normalized spacial score (nSPS) is 23.2. The van der Waals surface area contributed by atoms with Gasteiger partial charge in [-0.2, -0.15) is 0 Å². The zero-order valence-corrected chi connectivity index (χ0v) is 10.1. The van der Waals surface area contributed by atoms with Crippen LogP contribution >= 0.6 is 0 Å². The van der Waals surface area contributed by atoms with Crippen LogP contribution < -0.4 is 4.74 Å². The molecule has 0 saturated heterocycles. The van der Waals surface area contributed by atoms with E-state index in [2.05, 4.69) is 13.0 Å². The molecule has 2 nitrogen and oxygen atoms in total. The van der Waals surface area contributed by atoms with E-state index in [0.29, 0.717) is 0 Å². The number of fused-ring (bicyclic) bond motifs is 1. The van der Waals surface area contributed by atoms with E-state index in [1.54, 1.807) is 7.11 Å². The lowest BCUT2D eigenvalue weighted by molar-refractivity contribution is 0.0271. The lowest BCUT2D eigenvalue weighted by atomic mass is 9.90. The van der Waals surface area contributed by atoms with Gasteiger partial charge in [0.05, 0.1) is 12.7 Å². The van der Waals surface area contributed by atoms with Crippen molar-refractivity contribution in [2.24, 2.45) is 0 Å². The summed E-state index contributed by atoms with van der Waals surface area (Å²) in [6.45, 7) is 2.16. The van der Waals surface area contributed by atoms with E-state index in [-0.39, 0.29) is 0 Å². The molecule has 1 atom stereocenters. The molecular formula is C14H20O2. The van der Waals surface area contributed by atoms with Crippen molar-refractivity contribution in [2.45, 2.75) is 44.6 Å². The fourth-order valence-corrected chi connectivity index (χ4v) is 2.54. The molecule has 0 amide bonds. The predicted octanol–water partition coefficient (Wildman–Crippen LogP) is 3.02. The molecule has 1 aromatic carbocycles. The van der Waals surface area contributed by atoms with Gasteiger partial charge in [-0.05, 0) is 42.5 Å². The van der Waals surface area contributed by atoms with Crippen molar-refractivity contribution < 1.29 is 9.84 Å². The van der Waals surface area contributed by atoms with Crippen LogP contribution in [0, 0.1) is 0 Å². The van der Waals surface area contributed by atoms with Crippen molar-refractivity contribution in [2.75, 3.05) is 7.11 Å². The van der Waals surface area contributed by atoms with Crippen molar-refractivity contribution in [3.63, 3.8) is 0 Å². The summed E-state index contributed by atoms with van der Waals surface area (Å²) >= 11 is 0. The van der Waals surface area contributed by atoms with E-state index < -0.39 is 5.60 Å². The predicted molar refractivity (Wildman–Crippen MR) is 64.7 cm³/mol. The van der Waals surface area contributed by atoms with Crippen molar-refractivity contribution in [1.29, 1.82) is 0 Å². The molecule has 1 aliphatic rings. The molecule has 16 heavy (non-hydrogen) atoms. The van der Waals surface area contributed by atoms with Gasteiger partial charge in [-0.1, -0.05) is 25.8 Å². The third kappa shape index (κ3) is 1.94. The minimum absolute atomic E-state index is 0.611. The first kappa shape index (κ1) is 11.5. The van der Waals surface area contributed by atoms with Crippen LogP contribution in [0.15, 0.2) is 18.2 Å². The first-order chi connectivity index (χ1) is 7.69. The number of hydrogen-bond donors (Lipinski definition) is 1. The Balaban J connectivity index is 2.29. The molecule has 0 spiro atoms. The van der Waals surface area contributed by atoms with E-state index in [4.69, 9.17) is 4.74 Å². The molecule has 0 fully saturated rings. The number of benzene rings is 1. The SMILES string of the molecule is CCCCC1(O)CCc2ccc(OC)cc21. The van der Waals surface area contributed by atoms with Crippen LogP contribution in [0.1, 0.15) is 43.7 Å². The lowest BCUT2D eigenvalue weighted by Gasteiger charge is -2.24. The maximum absolute atomic E-state index is 10.6. The molecule has 88 valence electrons. The molecule has 0 aromatic heterocycles. The van der Waals surface area contributed by atoms with Crippen LogP contribution in [0.25, 0.3) is 0 Å². The first-order valence-corrected chi connectivity index (χ1v) is 6.09. The Hall–Kier alpha value is -1.02. The quantitative estimate of drug-likeness (QED) is 0.845. The van der Waals surface area contributed by atoms with Crippen molar-refractivity contribution in [3.05, 3.63) is 29.3 Å². The molecule has 0 saturated carbocycles. The Bertz CT molecular complexity index is 373. The summed E-state index contributed by atoms with van der Waals surface area (Å²) in [7, 11) is 1.67. The van der Waals surface area contributed by atoms with Gasteiger partial charge < -0.3 is 9.84 Å². The number of rotatable bonds is 4. The minimum atomic E-state index is -0.611. The Labute approximate surface area is 97.3 Å². The van der Waals surface area contributed by atoms with E-state index in [1.165, 1.54) is 5.56 Å². The second kappa shape index (κ2) is 4.46. The van der Waals surface area contributed by atoms with Crippen LogP contribution in [0.5, 0.6) is 5.75 Å². The van der Waals surface area contributed by atoms with Gasteiger partial charge in [0, 0.05) is 0 Å². The van der Waals surface area contributed by atoms with Gasteiger partial charge in [-0.3, -0.25) is 0 Å². The maximum Gasteiger partial charge on any atom is 0.119 e. The fourth-order valence-electron chi connectivity index (χ4n) is 2.54. The zero-order chi connectivity index (χ0) is 11.6. The van der Waals surface area contributed by atoms with Gasteiger partial charge in [0.25, 0.3) is 0 Å². The Morgan fingerprint density at radius 1 is 1.44 bits per heavy atom. The first-order valence-electron chi connectivity index (χ1n) is 6.09. The molecule has 0 aliphatic heterocycles. The number of aryl methyl sites for hydroxylation is 1. The van der Waals surface area contributed by atoms with Gasteiger partial charge in [0.2, 0.25) is 0 Å². The summed E-state index contributed by atoms with van der Waals surface area (Å²) in [5.41, 5.74) is 1.75. The fraction of sp³-hybridized carbons (Fsp3) is 0.571. The molecule has 1 unspecified atom stereocenters. The molecule has 2 heteroatoms. The van der Waals surface area contributed by atoms with E-state index in [9.17, 15) is 5.11 Å². The monoisotopic (exact) mass is 220 g/mol. The number of hydrogen-bond acceptors (Lipinski definition) is 2. The molecule has 0 radical (unpaired) electrons. The molecule has 1 aromatic rings. The number of aliphatic hydroxyl groups is 1. The third-order valence-electron chi connectivity index (χ3n) is 3.57. The molecule has 0 bridgehead atoms. The largest absolute Gasteiger partial charge is 0.497 e. The van der Waals surface area contributed by atoms with E-state index in [0.717, 1.165) is 43.4 Å². The lowest BCUT2D eigenvalue weighted by Crippen LogP contribution is -2.21. The summed E-state index contributed by atoms with van der Waals surface area (Å²) in [5, 5.41) is 10.6. The smallest absolute Gasteiger partial charge is 0.119 e. The number of unbranched alkanes of at least 4 members (excludes halogenated alkanes) is 1. The Kier molecular flexibility index (Phi) is 3.20. The zero-order valence-electron chi connectivity index (χ0n) is 10.1. The molecule has 0 heterocycles. The molecule has 1 aliphatic carbocycles. The average molecular weight is 220 g/mol. The highest BCUT2D eigenvalue weighted by atomic mass is 16.5. The van der Waals surface area contributed by atoms with Crippen LogP contribution in [-0.2, 0) is 12.0 Å². The van der Waals surface area contributed by atoms with Crippen LogP contribution in [0.3, 0.4) is 0 Å². The molecule has 2 rings (SSSR count). The molecular weight excluding hydrogens is 200 g/mol. The maximum atomic E-state index is 10.6. The van der Waals surface area contributed by atoms with E-state index in [1.807, 2.05) is 12.1 Å². The summed E-state index contributed by atoms with van der Waals surface area (Å²) in [5.74, 6) is 0.843. The van der Waals surface area contributed by atoms with Crippen LogP contribution in [-0.4, -0.2) is 12.2 Å². The number of methoxy groups -OCH3 is 1. The van der Waals surface area contributed by atoms with Crippen LogP contribution in [0.2, 0.25) is 0 Å². The standard InChI is InChI=1S/C14H20O2/c1-3-4-8-14(15)9-7-11-5-6-12(16-2)10-13(11)14/h5-6,10,15H,3-4,7-9H2,1-2H3. The van der Waals surface area contributed by atoms with Gasteiger partial charge in [-0.15, -0.1) is 0 Å². The topological polar surface area (TPSA) is 29.5 Å². The Morgan fingerprint density at radius 3 is 2.94 bits per heavy atom. The molecule has 1 N–H and O–H groups in total. The van der Waals surface area contributed by atoms with Gasteiger partial charge in [0.1, 0.15) is 5.75 Å². The highest BCUT2D eigenvalue weighted by Crippen LogP contribution is 2.41. The Morgan fingerprint density at radius 2 is 2.25 bits per heavy atom. The van der Waals surface area contributed by atoms with Gasteiger partial charge in [0.15, 0.2) is 0 Å². The van der Waals surface area contributed by atoms with Crippen LogP contribution in [0.4, 0.5) is 0 Å². The second-order valence-corrected chi connectivity index (χ2v) is 4.66. The van der Waals surface area contributed by atoms with Gasteiger partial charge in [-0.25, -0.2) is 0 Å². The highest BCUT2D eigenvalue weighted by Gasteiger charge is 2.36. The summed E-state index contributed by atoms with van der Waals surface area (Å²) in [6, 6.07) is 6.06. The second-order valence-electron chi connectivity index (χ2n) is 4.66. The summed E-state index contributed by atoms with van der Waals surface area (Å²) in [6.07, 6.45) is 4.91. The summed E-state index contributed by atoms with van der Waals surface area (Å²) < 4.78 is 5.23. The third-order valence-corrected chi connectivity index (χ3v) is 3.57. The van der Waals surface area contributed by atoms with Crippen molar-refractivity contribution in [3.8, 4) is 5.75 Å². The van der Waals surface area contributed by atoms with E-state index >= 15 is 0 Å². The summed E-state index contributed by atoms with van der Waals surface area (Å²) in [4.78, 5) is 0. The van der Waals surface area contributed by atoms with Gasteiger partial charge >= 0.3 is 0 Å². The number of ether oxygens (including phenoxy) is 1.